The standard InChI is InChI=1S/C9H11ClN2/c1-8-5-7-11-9(12-8)4-2-3-6-10/h2,4-5,7H,3,6H2,1H3. The Morgan fingerprint density at radius 3 is 3.08 bits per heavy atom. The van der Waals surface area contributed by atoms with Crippen LogP contribution in [0.4, 0.5) is 0 Å². The lowest BCUT2D eigenvalue weighted by atomic mass is 10.4. The fraction of sp³-hybridized carbons (Fsp3) is 0.333. The zero-order valence-corrected chi connectivity index (χ0v) is 7.75. The van der Waals surface area contributed by atoms with Gasteiger partial charge in [0.15, 0.2) is 5.82 Å². The number of hydrogen-bond donors (Lipinski definition) is 0. The van der Waals surface area contributed by atoms with E-state index in [0.717, 1.165) is 17.9 Å². The first-order chi connectivity index (χ1) is 5.83. The third kappa shape index (κ3) is 3.01. The maximum Gasteiger partial charge on any atom is 0.151 e. The second-order valence-corrected chi connectivity index (χ2v) is 2.81. The van der Waals surface area contributed by atoms with E-state index in [1.807, 2.05) is 25.1 Å². The van der Waals surface area contributed by atoms with Gasteiger partial charge in [-0.25, -0.2) is 9.97 Å². The Balaban J connectivity index is 2.63. The predicted octanol–water partition coefficient (Wildman–Crippen LogP) is 2.43. The van der Waals surface area contributed by atoms with Crippen molar-refractivity contribution in [2.75, 3.05) is 5.88 Å². The van der Waals surface area contributed by atoms with Crippen molar-refractivity contribution in [2.45, 2.75) is 13.3 Å². The van der Waals surface area contributed by atoms with Gasteiger partial charge in [0.1, 0.15) is 0 Å². The summed E-state index contributed by atoms with van der Waals surface area (Å²) in [4.78, 5) is 8.27. The molecule has 1 aromatic rings. The normalized spacial score (nSPS) is 10.8. The Labute approximate surface area is 77.3 Å². The van der Waals surface area contributed by atoms with Crippen molar-refractivity contribution in [3.05, 3.63) is 29.9 Å². The van der Waals surface area contributed by atoms with E-state index in [4.69, 9.17) is 11.6 Å². The van der Waals surface area contributed by atoms with E-state index < -0.39 is 0 Å². The van der Waals surface area contributed by atoms with Gasteiger partial charge in [0, 0.05) is 17.8 Å². The van der Waals surface area contributed by atoms with Crippen LogP contribution in [0.1, 0.15) is 17.9 Å². The van der Waals surface area contributed by atoms with Crippen molar-refractivity contribution in [3.8, 4) is 0 Å². The maximum atomic E-state index is 5.51. The van der Waals surface area contributed by atoms with E-state index in [1.165, 1.54) is 0 Å². The molecular formula is C9H11ClN2. The molecule has 3 heteroatoms. The second kappa shape index (κ2) is 4.88. The lowest BCUT2D eigenvalue weighted by Gasteiger charge is -1.92. The van der Waals surface area contributed by atoms with Crippen LogP contribution < -0.4 is 0 Å². The average Bonchev–Trinajstić information content (AvgIpc) is 2.05. The topological polar surface area (TPSA) is 25.8 Å². The van der Waals surface area contributed by atoms with Crippen LogP contribution in [0.5, 0.6) is 0 Å². The van der Waals surface area contributed by atoms with Crippen LogP contribution in [-0.2, 0) is 0 Å². The van der Waals surface area contributed by atoms with Crippen molar-refractivity contribution < 1.29 is 0 Å². The summed E-state index contributed by atoms with van der Waals surface area (Å²) >= 11 is 5.51. The van der Waals surface area contributed by atoms with Gasteiger partial charge in [-0.1, -0.05) is 6.08 Å². The van der Waals surface area contributed by atoms with Crippen molar-refractivity contribution in [3.63, 3.8) is 0 Å². The third-order valence-corrected chi connectivity index (χ3v) is 1.57. The van der Waals surface area contributed by atoms with Crippen LogP contribution in [0.15, 0.2) is 18.3 Å². The first kappa shape index (κ1) is 9.20. The number of rotatable bonds is 3. The molecule has 0 fully saturated rings. The summed E-state index contributed by atoms with van der Waals surface area (Å²) < 4.78 is 0. The van der Waals surface area contributed by atoms with Gasteiger partial charge in [0.2, 0.25) is 0 Å². The molecule has 0 aliphatic rings. The maximum absolute atomic E-state index is 5.51. The molecular weight excluding hydrogens is 172 g/mol. The Morgan fingerprint density at radius 2 is 2.42 bits per heavy atom. The zero-order valence-electron chi connectivity index (χ0n) is 7.00. The quantitative estimate of drug-likeness (QED) is 0.671. The number of allylic oxidation sites excluding steroid dienone is 1. The molecule has 0 aliphatic heterocycles. The zero-order chi connectivity index (χ0) is 8.81. The summed E-state index contributed by atoms with van der Waals surface area (Å²) in [5, 5.41) is 0. The van der Waals surface area contributed by atoms with Crippen LogP contribution >= 0.6 is 11.6 Å². The van der Waals surface area contributed by atoms with Crippen LogP contribution in [0.25, 0.3) is 6.08 Å². The highest BCUT2D eigenvalue weighted by Gasteiger charge is 1.88. The van der Waals surface area contributed by atoms with Crippen molar-refractivity contribution >= 4 is 17.7 Å². The first-order valence-electron chi connectivity index (χ1n) is 3.85. The minimum Gasteiger partial charge on any atom is -0.237 e. The largest absolute Gasteiger partial charge is 0.237 e. The van der Waals surface area contributed by atoms with Gasteiger partial charge >= 0.3 is 0 Å². The fourth-order valence-electron chi connectivity index (χ4n) is 0.800. The molecule has 0 aliphatic carbocycles. The van der Waals surface area contributed by atoms with Gasteiger partial charge < -0.3 is 0 Å². The summed E-state index contributed by atoms with van der Waals surface area (Å²) in [6.07, 6.45) is 6.47. The molecule has 0 saturated heterocycles. The molecule has 0 bridgehead atoms. The fourth-order valence-corrected chi connectivity index (χ4v) is 0.926. The molecule has 0 radical (unpaired) electrons. The van der Waals surface area contributed by atoms with Gasteiger partial charge in [0.05, 0.1) is 0 Å². The van der Waals surface area contributed by atoms with E-state index in [2.05, 4.69) is 9.97 Å². The van der Waals surface area contributed by atoms with Crippen LogP contribution in [-0.4, -0.2) is 15.8 Å². The SMILES string of the molecule is Cc1ccnc(C=CCCCl)n1. The van der Waals surface area contributed by atoms with Crippen LogP contribution in [0.3, 0.4) is 0 Å². The highest BCUT2D eigenvalue weighted by Crippen LogP contribution is 1.97. The molecule has 0 atom stereocenters. The number of nitrogens with zero attached hydrogens (tertiary/aromatic N) is 2. The molecule has 0 saturated carbocycles. The van der Waals surface area contributed by atoms with Crippen molar-refractivity contribution in [2.24, 2.45) is 0 Å². The predicted molar refractivity (Wildman–Crippen MR) is 51.1 cm³/mol. The van der Waals surface area contributed by atoms with E-state index in [-0.39, 0.29) is 0 Å². The monoisotopic (exact) mass is 182 g/mol. The summed E-state index contributed by atoms with van der Waals surface area (Å²) in [7, 11) is 0. The molecule has 1 heterocycles. The Kier molecular flexibility index (Phi) is 3.74. The molecule has 0 aromatic carbocycles. The van der Waals surface area contributed by atoms with Gasteiger partial charge in [-0.3, -0.25) is 0 Å². The molecule has 12 heavy (non-hydrogen) atoms. The molecule has 2 nitrogen and oxygen atoms in total. The van der Waals surface area contributed by atoms with E-state index in [0.29, 0.717) is 5.88 Å². The molecule has 0 unspecified atom stereocenters. The minimum absolute atomic E-state index is 0.641. The molecule has 0 amide bonds. The smallest absolute Gasteiger partial charge is 0.151 e. The lowest BCUT2D eigenvalue weighted by Crippen LogP contribution is -1.88. The molecule has 0 N–H and O–H groups in total. The Hall–Kier alpha value is -0.890. The average molecular weight is 183 g/mol. The van der Waals surface area contributed by atoms with Gasteiger partial charge in [-0.05, 0) is 25.5 Å². The van der Waals surface area contributed by atoms with Gasteiger partial charge in [0.25, 0.3) is 0 Å². The van der Waals surface area contributed by atoms with E-state index in [9.17, 15) is 0 Å². The highest BCUT2D eigenvalue weighted by atomic mass is 35.5. The number of hydrogen-bond acceptors (Lipinski definition) is 2. The minimum atomic E-state index is 0.641. The molecule has 64 valence electrons. The van der Waals surface area contributed by atoms with E-state index in [1.54, 1.807) is 6.20 Å². The summed E-state index contributed by atoms with van der Waals surface area (Å²) in [6.45, 7) is 1.95. The number of aromatic nitrogens is 2. The van der Waals surface area contributed by atoms with Gasteiger partial charge in [-0.15, -0.1) is 11.6 Å². The van der Waals surface area contributed by atoms with Crippen LogP contribution in [0.2, 0.25) is 0 Å². The summed E-state index contributed by atoms with van der Waals surface area (Å²) in [5.74, 6) is 1.39. The molecule has 0 spiro atoms. The van der Waals surface area contributed by atoms with Gasteiger partial charge in [-0.2, -0.15) is 0 Å². The highest BCUT2D eigenvalue weighted by molar-refractivity contribution is 6.17. The number of alkyl halides is 1. The third-order valence-electron chi connectivity index (χ3n) is 1.36. The van der Waals surface area contributed by atoms with Crippen LogP contribution in [0, 0.1) is 6.92 Å². The van der Waals surface area contributed by atoms with E-state index >= 15 is 0 Å². The number of aryl methyl sites for hydroxylation is 1. The summed E-state index contributed by atoms with van der Waals surface area (Å²) in [6, 6.07) is 1.87. The van der Waals surface area contributed by atoms with Crippen molar-refractivity contribution in [1.29, 1.82) is 0 Å². The summed E-state index contributed by atoms with van der Waals surface area (Å²) in [5.41, 5.74) is 0.982. The Bertz CT molecular complexity index is 271. The molecule has 1 aromatic heterocycles. The number of halogens is 1. The lowest BCUT2D eigenvalue weighted by molar-refractivity contribution is 1.07. The molecule has 1 rings (SSSR count). The van der Waals surface area contributed by atoms with Crippen molar-refractivity contribution in [1.82, 2.24) is 9.97 Å². The first-order valence-corrected chi connectivity index (χ1v) is 4.38. The second-order valence-electron chi connectivity index (χ2n) is 2.44. The Morgan fingerprint density at radius 1 is 1.58 bits per heavy atom.